The number of anilines is 1. The first-order valence-electron chi connectivity index (χ1n) is 17.4. The molecular formula is C41H40N4O6S2. The highest BCUT2D eigenvalue weighted by molar-refractivity contribution is 8.14. The maximum Gasteiger partial charge on any atom is 0.282 e. The van der Waals surface area contributed by atoms with Crippen LogP contribution >= 0.6 is 11.8 Å². The van der Waals surface area contributed by atoms with Crippen LogP contribution in [-0.2, 0) is 14.8 Å². The summed E-state index contributed by atoms with van der Waals surface area (Å²) in [5, 5.41) is 3.42. The van der Waals surface area contributed by atoms with Crippen molar-refractivity contribution in [3.05, 3.63) is 121 Å². The van der Waals surface area contributed by atoms with Gasteiger partial charge in [-0.1, -0.05) is 36.0 Å². The fourth-order valence-corrected chi connectivity index (χ4v) is 9.56. The highest BCUT2D eigenvalue weighted by Crippen LogP contribution is 2.51. The summed E-state index contributed by atoms with van der Waals surface area (Å²) in [7, 11) is -2.18. The maximum atomic E-state index is 13.5. The van der Waals surface area contributed by atoms with E-state index in [4.69, 9.17) is 14.5 Å². The highest BCUT2D eigenvalue weighted by Gasteiger charge is 2.46. The number of thioether (sulfide) groups is 1. The van der Waals surface area contributed by atoms with Crippen molar-refractivity contribution in [3.63, 3.8) is 0 Å². The van der Waals surface area contributed by atoms with Gasteiger partial charge in [0.25, 0.3) is 5.24 Å². The lowest BCUT2D eigenvalue weighted by Gasteiger charge is -2.39. The minimum absolute atomic E-state index is 0.0360. The average Bonchev–Trinajstić information content (AvgIpc) is 3.50. The molecule has 2 amide bonds. The van der Waals surface area contributed by atoms with Crippen LogP contribution in [0.5, 0.6) is 17.2 Å². The molecule has 2 N–H and O–H groups in total. The summed E-state index contributed by atoms with van der Waals surface area (Å²) < 4.78 is 40.9. The number of nitrogens with one attached hydrogen (secondary N) is 2. The monoisotopic (exact) mass is 748 g/mol. The number of carbonyl (C=O) groups excluding carboxylic acids is 2. The van der Waals surface area contributed by atoms with Crippen LogP contribution in [0.15, 0.2) is 121 Å². The smallest absolute Gasteiger partial charge is 0.282 e. The molecule has 0 aliphatic carbocycles. The number of pyridine rings is 1. The van der Waals surface area contributed by atoms with Crippen LogP contribution in [-0.4, -0.2) is 55.7 Å². The van der Waals surface area contributed by atoms with Crippen molar-refractivity contribution in [1.29, 1.82) is 0 Å². The van der Waals surface area contributed by atoms with E-state index >= 15 is 0 Å². The molecule has 2 saturated heterocycles. The third kappa shape index (κ3) is 7.95. The van der Waals surface area contributed by atoms with Crippen LogP contribution in [0.1, 0.15) is 30.6 Å². The maximum absolute atomic E-state index is 13.5. The highest BCUT2D eigenvalue weighted by atomic mass is 32.2. The molecular weight excluding hydrogens is 709 g/mol. The minimum Gasteiger partial charge on any atom is -0.497 e. The lowest BCUT2D eigenvalue weighted by atomic mass is 9.79. The molecule has 12 heteroatoms. The average molecular weight is 749 g/mol. The summed E-state index contributed by atoms with van der Waals surface area (Å²) in [5.41, 5.74) is 4.01. The molecule has 53 heavy (non-hydrogen) atoms. The van der Waals surface area contributed by atoms with Gasteiger partial charge >= 0.3 is 0 Å². The molecule has 0 radical (unpaired) electrons. The van der Waals surface area contributed by atoms with Crippen LogP contribution in [0, 0.1) is 11.8 Å². The van der Waals surface area contributed by atoms with Crippen molar-refractivity contribution in [1.82, 2.24) is 14.6 Å². The molecule has 272 valence electrons. The molecule has 0 unspecified atom stereocenters. The molecule has 0 bridgehead atoms. The van der Waals surface area contributed by atoms with Gasteiger partial charge in [0.1, 0.15) is 17.2 Å². The molecule has 7 rings (SSSR count). The first-order chi connectivity index (χ1) is 25.6. The Balaban J connectivity index is 1.14. The molecule has 0 saturated carbocycles. The van der Waals surface area contributed by atoms with E-state index in [1.54, 1.807) is 19.2 Å². The van der Waals surface area contributed by atoms with Crippen molar-refractivity contribution >= 4 is 49.5 Å². The Bertz CT molecular complexity index is 2250. The second-order valence-corrected chi connectivity index (χ2v) is 16.1. The molecule has 3 heterocycles. The van der Waals surface area contributed by atoms with Crippen LogP contribution in [0.25, 0.3) is 22.2 Å². The largest absolute Gasteiger partial charge is 0.497 e. The van der Waals surface area contributed by atoms with Crippen LogP contribution < -0.4 is 19.5 Å². The number of carbonyl (C=O) groups is 2. The van der Waals surface area contributed by atoms with E-state index in [1.807, 2.05) is 83.8 Å². The number of amides is 2. The quantitative estimate of drug-likeness (QED) is 0.122. The third-order valence-corrected chi connectivity index (χ3v) is 12.6. The van der Waals surface area contributed by atoms with Crippen LogP contribution in [0.4, 0.5) is 10.5 Å². The molecule has 4 aromatic carbocycles. The lowest BCUT2D eigenvalue weighted by Crippen LogP contribution is -2.44. The number of sulfonamides is 1. The van der Waals surface area contributed by atoms with Gasteiger partial charge in [-0.3, -0.25) is 9.59 Å². The van der Waals surface area contributed by atoms with Crippen molar-refractivity contribution in [3.8, 4) is 28.5 Å². The predicted octanol–water partition coefficient (Wildman–Crippen LogP) is 8.43. The molecule has 2 aliphatic heterocycles. The summed E-state index contributed by atoms with van der Waals surface area (Å²) in [6, 6.07) is 31.3. The van der Waals surface area contributed by atoms with E-state index in [0.29, 0.717) is 30.2 Å². The first kappa shape index (κ1) is 36.2. The van der Waals surface area contributed by atoms with Gasteiger partial charge in [-0.05, 0) is 115 Å². The number of piperidine rings is 1. The Labute approximate surface area is 313 Å². The number of hydrogen-bond acceptors (Lipinski definition) is 8. The molecule has 4 atom stereocenters. The van der Waals surface area contributed by atoms with Crippen molar-refractivity contribution in [2.24, 2.45) is 11.8 Å². The summed E-state index contributed by atoms with van der Waals surface area (Å²) >= 11 is 1.34. The Morgan fingerprint density at radius 1 is 1.00 bits per heavy atom. The van der Waals surface area contributed by atoms with E-state index in [0.717, 1.165) is 39.9 Å². The van der Waals surface area contributed by atoms with Gasteiger partial charge in [0.15, 0.2) is 0 Å². The van der Waals surface area contributed by atoms with E-state index in [9.17, 15) is 18.0 Å². The fourth-order valence-electron chi connectivity index (χ4n) is 7.17. The normalized spacial score (nSPS) is 19.0. The van der Waals surface area contributed by atoms with Gasteiger partial charge in [-0.2, -0.15) is 0 Å². The molecule has 10 nitrogen and oxygen atoms in total. The summed E-state index contributed by atoms with van der Waals surface area (Å²) in [6.07, 6.45) is 3.23. The standard InChI is InChI=1S/C41H40N4O6S2/c1-4-27(25-42-53(48,49)34-17-12-30(13-18-34)43-26(2)46)29-20-21-45-39(22-29)40(52-41(45)47)36-24-38(44-37-19-16-33(50-3)23-35(36)37)28-10-14-32(15-11-28)51-31-8-6-5-7-9-31/h4-19,23-24,27,29,39-40,42H,1,20-22,25H2,2-3H3,(H,43,46)/t27-,29-,39-,40+/m0/s1. The van der Waals surface area contributed by atoms with Crippen molar-refractivity contribution < 1.29 is 27.5 Å². The number of benzene rings is 4. The van der Waals surface area contributed by atoms with Crippen LogP contribution in [0.2, 0.25) is 0 Å². The molecule has 0 spiro atoms. The zero-order valence-electron chi connectivity index (χ0n) is 29.4. The van der Waals surface area contributed by atoms with Crippen LogP contribution in [0.3, 0.4) is 0 Å². The van der Waals surface area contributed by atoms with Gasteiger partial charge in [-0.25, -0.2) is 18.1 Å². The second-order valence-electron chi connectivity index (χ2n) is 13.2. The van der Waals surface area contributed by atoms with Crippen molar-refractivity contribution in [2.75, 3.05) is 25.5 Å². The Hall–Kier alpha value is -5.17. The van der Waals surface area contributed by atoms with Gasteiger partial charge in [0, 0.05) is 42.7 Å². The SMILES string of the molecule is C=C[C@@H](CNS(=O)(=O)c1ccc(NC(C)=O)cc1)[C@H]1CCN2C(=O)S[C@H](c3cc(-c4ccc(Oc5ccccc5)cc4)nc4ccc(OC)cc34)[C@@H]2C1. The number of rotatable bonds is 12. The minimum atomic E-state index is -3.82. The number of hydrogen-bond donors (Lipinski definition) is 2. The topological polar surface area (TPSA) is 127 Å². The number of methoxy groups -OCH3 is 1. The third-order valence-electron chi connectivity index (χ3n) is 9.88. The number of para-hydroxylation sites is 1. The zero-order valence-corrected chi connectivity index (χ0v) is 31.0. The number of aromatic nitrogens is 1. The number of nitrogens with zero attached hydrogens (tertiary/aromatic N) is 2. The van der Waals surface area contributed by atoms with Gasteiger partial charge in [-0.15, -0.1) is 6.58 Å². The Morgan fingerprint density at radius 2 is 1.72 bits per heavy atom. The summed E-state index contributed by atoms with van der Waals surface area (Å²) in [4.78, 5) is 32.0. The van der Waals surface area contributed by atoms with Gasteiger partial charge in [0.2, 0.25) is 15.9 Å². The lowest BCUT2D eigenvalue weighted by molar-refractivity contribution is -0.114. The van der Waals surface area contributed by atoms with E-state index < -0.39 is 10.0 Å². The van der Waals surface area contributed by atoms with Crippen molar-refractivity contribution in [2.45, 2.75) is 36.0 Å². The van der Waals surface area contributed by atoms with Gasteiger partial charge in [0.05, 0.1) is 28.5 Å². The molecule has 5 aromatic rings. The van der Waals surface area contributed by atoms with E-state index in [2.05, 4.69) is 22.7 Å². The fraction of sp³-hybridized carbons (Fsp3) is 0.244. The van der Waals surface area contributed by atoms with E-state index in [-0.39, 0.29) is 45.7 Å². The number of ether oxygens (including phenoxy) is 2. The number of fused-ring (bicyclic) bond motifs is 2. The predicted molar refractivity (Wildman–Crippen MR) is 209 cm³/mol. The zero-order chi connectivity index (χ0) is 37.1. The molecule has 1 aromatic heterocycles. The summed E-state index contributed by atoms with van der Waals surface area (Å²) in [5.74, 6) is 1.86. The second kappa shape index (κ2) is 15.4. The van der Waals surface area contributed by atoms with E-state index in [1.165, 1.54) is 30.8 Å². The van der Waals surface area contributed by atoms with Gasteiger partial charge < -0.3 is 19.7 Å². The molecule has 2 fully saturated rings. The Morgan fingerprint density at radius 3 is 2.42 bits per heavy atom. The summed E-state index contributed by atoms with van der Waals surface area (Å²) in [6.45, 7) is 6.21. The first-order valence-corrected chi connectivity index (χ1v) is 19.8. The Kier molecular flexibility index (Phi) is 10.5. The molecule has 2 aliphatic rings.